The summed E-state index contributed by atoms with van der Waals surface area (Å²) in [4.78, 5) is 0. The van der Waals surface area contributed by atoms with Crippen LogP contribution in [0.15, 0.2) is 67.3 Å². The van der Waals surface area contributed by atoms with Crippen molar-refractivity contribution in [3.63, 3.8) is 0 Å². The van der Waals surface area contributed by atoms with Gasteiger partial charge in [0.05, 0.1) is 32.0 Å². The molecule has 0 bridgehead atoms. The maximum absolute atomic E-state index is 6.40. The summed E-state index contributed by atoms with van der Waals surface area (Å²) in [5, 5.41) is 0. The summed E-state index contributed by atoms with van der Waals surface area (Å²) < 4.78 is 18.1. The summed E-state index contributed by atoms with van der Waals surface area (Å²) in [5.41, 5.74) is 1.96. The molecule has 3 nitrogen and oxygen atoms in total. The molecule has 2 aromatic rings. The van der Waals surface area contributed by atoms with Crippen molar-refractivity contribution in [2.75, 3.05) is 20.3 Å². The van der Waals surface area contributed by atoms with Gasteiger partial charge in [0.1, 0.15) is 5.75 Å². The average molecular weight is 350 g/mol. The number of fused-ring (bicyclic) bond motifs is 1. The number of benzene rings is 2. The van der Waals surface area contributed by atoms with Gasteiger partial charge < -0.3 is 14.2 Å². The Balaban J connectivity index is 1.75. The van der Waals surface area contributed by atoms with Crippen LogP contribution in [0.3, 0.4) is 0 Å². The van der Waals surface area contributed by atoms with Crippen LogP contribution in [-0.2, 0) is 15.1 Å². The predicted octanol–water partition coefficient (Wildman–Crippen LogP) is 4.89. The van der Waals surface area contributed by atoms with Gasteiger partial charge in [0.2, 0.25) is 0 Å². The molecule has 0 amide bonds. The van der Waals surface area contributed by atoms with Gasteiger partial charge in [-0.2, -0.15) is 0 Å². The molecule has 2 fully saturated rings. The van der Waals surface area contributed by atoms with Gasteiger partial charge in [-0.15, -0.1) is 6.58 Å². The van der Waals surface area contributed by atoms with Crippen LogP contribution in [0.5, 0.6) is 5.75 Å². The fourth-order valence-electron chi connectivity index (χ4n) is 4.71. The third-order valence-corrected chi connectivity index (χ3v) is 6.21. The quantitative estimate of drug-likeness (QED) is 0.665. The summed E-state index contributed by atoms with van der Waals surface area (Å²) in [6.07, 6.45) is 2.93. The van der Waals surface area contributed by atoms with Crippen LogP contribution in [0.25, 0.3) is 0 Å². The summed E-state index contributed by atoms with van der Waals surface area (Å²) >= 11 is 0. The Morgan fingerprint density at radius 3 is 2.54 bits per heavy atom. The molecule has 1 heterocycles. The van der Waals surface area contributed by atoms with E-state index in [4.69, 9.17) is 14.2 Å². The van der Waals surface area contributed by atoms with E-state index in [9.17, 15) is 0 Å². The standard InChI is InChI=1S/C23H26O3/c1-4-14-25-21(17-8-6-5-7-9-17)23-15-19(23)16-26-22(23,2)18-10-12-20(24-3)13-11-18/h4-13,19,21H,1,14-16H2,2-3H3/t19-,21-,22-,23-/m1/s1. The Kier molecular flexibility index (Phi) is 4.37. The van der Waals surface area contributed by atoms with Gasteiger partial charge in [-0.05, 0) is 42.5 Å². The van der Waals surface area contributed by atoms with Crippen molar-refractivity contribution in [3.8, 4) is 5.75 Å². The molecule has 136 valence electrons. The molecule has 3 heteroatoms. The number of rotatable bonds is 7. The first kappa shape index (κ1) is 17.3. The van der Waals surface area contributed by atoms with Crippen LogP contribution < -0.4 is 4.74 Å². The van der Waals surface area contributed by atoms with Crippen molar-refractivity contribution >= 4 is 0 Å². The van der Waals surface area contributed by atoms with Gasteiger partial charge >= 0.3 is 0 Å². The van der Waals surface area contributed by atoms with Crippen molar-refractivity contribution < 1.29 is 14.2 Å². The van der Waals surface area contributed by atoms with Crippen molar-refractivity contribution in [2.24, 2.45) is 11.3 Å². The van der Waals surface area contributed by atoms with Crippen LogP contribution in [0.4, 0.5) is 0 Å². The van der Waals surface area contributed by atoms with Crippen molar-refractivity contribution in [1.82, 2.24) is 0 Å². The van der Waals surface area contributed by atoms with Crippen molar-refractivity contribution in [3.05, 3.63) is 78.4 Å². The summed E-state index contributed by atoms with van der Waals surface area (Å²) in [6, 6.07) is 18.8. The third-order valence-electron chi connectivity index (χ3n) is 6.21. The molecule has 1 saturated carbocycles. The first-order valence-corrected chi connectivity index (χ1v) is 9.21. The predicted molar refractivity (Wildman–Crippen MR) is 102 cm³/mol. The molecule has 1 saturated heterocycles. The van der Waals surface area contributed by atoms with E-state index in [1.807, 2.05) is 24.3 Å². The molecule has 0 aromatic heterocycles. The van der Waals surface area contributed by atoms with E-state index in [1.54, 1.807) is 7.11 Å². The monoisotopic (exact) mass is 350 g/mol. The fraction of sp³-hybridized carbons (Fsp3) is 0.391. The lowest BCUT2D eigenvalue weighted by molar-refractivity contribution is -0.103. The molecule has 1 aliphatic carbocycles. The lowest BCUT2D eigenvalue weighted by atomic mass is 9.74. The minimum Gasteiger partial charge on any atom is -0.497 e. The molecule has 4 rings (SSSR count). The molecule has 4 atom stereocenters. The lowest BCUT2D eigenvalue weighted by Crippen LogP contribution is -2.38. The van der Waals surface area contributed by atoms with E-state index < -0.39 is 0 Å². The number of hydrogen-bond acceptors (Lipinski definition) is 3. The van der Waals surface area contributed by atoms with Crippen LogP contribution >= 0.6 is 0 Å². The van der Waals surface area contributed by atoms with E-state index in [0.717, 1.165) is 18.8 Å². The highest BCUT2D eigenvalue weighted by molar-refractivity contribution is 5.39. The molecule has 26 heavy (non-hydrogen) atoms. The van der Waals surface area contributed by atoms with E-state index in [0.29, 0.717) is 12.5 Å². The first-order chi connectivity index (χ1) is 12.7. The van der Waals surface area contributed by atoms with Gasteiger partial charge in [-0.25, -0.2) is 0 Å². The van der Waals surface area contributed by atoms with E-state index in [1.165, 1.54) is 11.1 Å². The van der Waals surface area contributed by atoms with Gasteiger partial charge in [0, 0.05) is 5.41 Å². The average Bonchev–Trinajstić information content (AvgIpc) is 3.36. The van der Waals surface area contributed by atoms with E-state index in [-0.39, 0.29) is 17.1 Å². The molecule has 0 radical (unpaired) electrons. The number of ether oxygens (including phenoxy) is 3. The number of methoxy groups -OCH3 is 1. The van der Waals surface area contributed by atoms with Crippen LogP contribution in [0.2, 0.25) is 0 Å². The highest BCUT2D eigenvalue weighted by Gasteiger charge is 2.74. The summed E-state index contributed by atoms with van der Waals surface area (Å²) in [6.45, 7) is 7.37. The normalized spacial score (nSPS) is 30.5. The van der Waals surface area contributed by atoms with E-state index >= 15 is 0 Å². The van der Waals surface area contributed by atoms with Gasteiger partial charge in [-0.1, -0.05) is 48.5 Å². The zero-order valence-corrected chi connectivity index (χ0v) is 15.5. The SMILES string of the molecule is C=CCO[C@H](c1ccccc1)[C@@]12C[C@@H]1CO[C@]2(C)c1ccc(OC)cc1. The molecule has 0 unspecified atom stereocenters. The molecular weight excluding hydrogens is 324 g/mol. The summed E-state index contributed by atoms with van der Waals surface area (Å²) in [7, 11) is 1.69. The maximum Gasteiger partial charge on any atom is 0.118 e. The Labute approximate surface area is 155 Å². The topological polar surface area (TPSA) is 27.7 Å². The first-order valence-electron chi connectivity index (χ1n) is 9.21. The Hall–Kier alpha value is -2.10. The van der Waals surface area contributed by atoms with Gasteiger partial charge in [0.15, 0.2) is 0 Å². The molecule has 1 aliphatic heterocycles. The zero-order valence-electron chi connectivity index (χ0n) is 15.5. The van der Waals surface area contributed by atoms with Crippen LogP contribution in [-0.4, -0.2) is 20.3 Å². The second-order valence-electron chi connectivity index (χ2n) is 7.43. The zero-order chi connectivity index (χ0) is 18.2. The molecule has 0 N–H and O–H groups in total. The third kappa shape index (κ3) is 2.50. The smallest absolute Gasteiger partial charge is 0.118 e. The lowest BCUT2D eigenvalue weighted by Gasteiger charge is -2.40. The van der Waals surface area contributed by atoms with Gasteiger partial charge in [0.25, 0.3) is 0 Å². The summed E-state index contributed by atoms with van der Waals surface area (Å²) in [5.74, 6) is 1.38. The number of hydrogen-bond donors (Lipinski definition) is 0. The highest BCUT2D eigenvalue weighted by atomic mass is 16.5. The minimum absolute atomic E-state index is 0.0127. The Morgan fingerprint density at radius 2 is 1.92 bits per heavy atom. The van der Waals surface area contributed by atoms with E-state index in [2.05, 4.69) is 49.9 Å². The Bertz CT molecular complexity index is 770. The second kappa shape index (κ2) is 6.57. The van der Waals surface area contributed by atoms with Crippen LogP contribution in [0, 0.1) is 11.3 Å². The molecule has 2 aliphatic rings. The molecule has 0 spiro atoms. The minimum atomic E-state index is -0.383. The van der Waals surface area contributed by atoms with Crippen molar-refractivity contribution in [2.45, 2.75) is 25.0 Å². The Morgan fingerprint density at radius 1 is 1.19 bits per heavy atom. The van der Waals surface area contributed by atoms with Crippen LogP contribution in [0.1, 0.15) is 30.6 Å². The van der Waals surface area contributed by atoms with Gasteiger partial charge in [-0.3, -0.25) is 0 Å². The second-order valence-corrected chi connectivity index (χ2v) is 7.43. The largest absolute Gasteiger partial charge is 0.497 e. The molecular formula is C23H26O3. The fourth-order valence-corrected chi connectivity index (χ4v) is 4.71. The van der Waals surface area contributed by atoms with Crippen molar-refractivity contribution in [1.29, 1.82) is 0 Å². The maximum atomic E-state index is 6.40. The molecule has 2 aromatic carbocycles. The highest BCUT2D eigenvalue weighted by Crippen LogP contribution is 2.75.